The molecule has 0 aliphatic carbocycles. The Morgan fingerprint density at radius 1 is 0.413 bits per heavy atom. The Kier molecular flexibility index (Phi) is 5.22. The third-order valence-corrected chi connectivity index (χ3v) is 9.16. The monoisotopic (exact) mass is 587 g/mol. The van der Waals surface area contributed by atoms with Gasteiger partial charge in [0.1, 0.15) is 0 Å². The van der Waals surface area contributed by atoms with Crippen LogP contribution in [0.4, 0.5) is 0 Å². The van der Waals surface area contributed by atoms with Gasteiger partial charge in [-0.15, -0.1) is 0 Å². The minimum atomic E-state index is 0.606. The van der Waals surface area contributed by atoms with Crippen molar-refractivity contribution in [2.24, 2.45) is 0 Å². The normalized spacial score (nSPS) is 11.9. The van der Waals surface area contributed by atoms with Gasteiger partial charge in [0.05, 0.1) is 27.8 Å². The van der Waals surface area contributed by atoms with Crippen LogP contribution in [-0.2, 0) is 0 Å². The van der Waals surface area contributed by atoms with Crippen LogP contribution in [0.5, 0.6) is 0 Å². The van der Waals surface area contributed by atoms with Gasteiger partial charge in [0.25, 0.3) is 0 Å². The van der Waals surface area contributed by atoms with E-state index in [0.717, 1.165) is 38.9 Å². The van der Waals surface area contributed by atoms with Crippen LogP contribution in [0, 0.1) is 0 Å². The second kappa shape index (κ2) is 9.58. The minimum Gasteiger partial charge on any atom is -0.309 e. The Hall–Kier alpha value is -6.33. The molecule has 0 aliphatic rings. The highest BCUT2D eigenvalue weighted by atomic mass is 15.2. The summed E-state index contributed by atoms with van der Waals surface area (Å²) in [6.07, 6.45) is 1.80. The molecule has 0 N–H and O–H groups in total. The summed E-state index contributed by atoms with van der Waals surface area (Å²) >= 11 is 0. The van der Waals surface area contributed by atoms with Gasteiger partial charge in [-0.2, -0.15) is 4.98 Å². The van der Waals surface area contributed by atoms with Crippen LogP contribution in [0.1, 0.15) is 0 Å². The van der Waals surface area contributed by atoms with Crippen LogP contribution in [-0.4, -0.2) is 24.1 Å². The molecule has 0 radical (unpaired) electrons. The Morgan fingerprint density at radius 2 is 1.04 bits per heavy atom. The van der Waals surface area contributed by atoms with E-state index in [4.69, 9.17) is 15.0 Å². The number of hydrogen-bond acceptors (Lipinski definition) is 3. The summed E-state index contributed by atoms with van der Waals surface area (Å²) in [6.45, 7) is 0. The Balaban J connectivity index is 1.27. The van der Waals surface area contributed by atoms with E-state index >= 15 is 0 Å². The van der Waals surface area contributed by atoms with Crippen molar-refractivity contribution in [1.82, 2.24) is 24.1 Å². The molecule has 214 valence electrons. The molecule has 5 heteroatoms. The molecule has 0 bridgehead atoms. The van der Waals surface area contributed by atoms with Gasteiger partial charge in [0.15, 0.2) is 5.65 Å². The fourth-order valence-corrected chi connectivity index (χ4v) is 7.12. The number of aromatic nitrogens is 5. The maximum Gasteiger partial charge on any atom is 0.237 e. The van der Waals surface area contributed by atoms with Gasteiger partial charge < -0.3 is 4.57 Å². The molecule has 4 heterocycles. The van der Waals surface area contributed by atoms with Gasteiger partial charge in [-0.1, -0.05) is 84.9 Å². The molecule has 46 heavy (non-hydrogen) atoms. The molecular weight excluding hydrogens is 562 g/mol. The summed E-state index contributed by atoms with van der Waals surface area (Å²) in [5, 5.41) is 8.04. The number of nitrogens with zero attached hydrogens (tertiary/aromatic N) is 5. The predicted octanol–water partition coefficient (Wildman–Crippen LogP) is 10.0. The molecule has 10 aromatic rings. The van der Waals surface area contributed by atoms with E-state index in [1.165, 1.54) is 37.8 Å². The topological polar surface area (TPSA) is 48.5 Å². The molecule has 0 atom stereocenters. The number of para-hydroxylation sites is 3. The van der Waals surface area contributed by atoms with Gasteiger partial charge in [-0.05, 0) is 71.4 Å². The highest BCUT2D eigenvalue weighted by molar-refractivity contribution is 6.14. The molecule has 6 aromatic carbocycles. The van der Waals surface area contributed by atoms with Crippen LogP contribution in [0.25, 0.3) is 88.3 Å². The number of pyridine rings is 1. The standard InChI is InChI=1S/C41H25N5/c1-2-13-29(14-3-1)45-35-18-8-6-15-30(35)33-24-28(20-21-37(33)45)39-32-17-10-22-42-40(32)44-41(43-39)46-36-19-9-7-16-31(36)34-23-26-11-4-5-12-27(26)25-38(34)46/h1-25H. The Morgan fingerprint density at radius 3 is 1.85 bits per heavy atom. The summed E-state index contributed by atoms with van der Waals surface area (Å²) < 4.78 is 4.52. The average Bonchev–Trinajstić information content (AvgIpc) is 3.62. The summed E-state index contributed by atoms with van der Waals surface area (Å²) in [5.74, 6) is 0.606. The SMILES string of the molecule is c1ccc(-n2c3ccccc3c3cc(-c4nc(-n5c6ccccc6c6cc7ccccc7cc65)nc5ncccc45)ccc32)cc1. The quantitative estimate of drug-likeness (QED) is 0.207. The van der Waals surface area contributed by atoms with Crippen LogP contribution in [0.15, 0.2) is 152 Å². The maximum atomic E-state index is 5.35. The lowest BCUT2D eigenvalue weighted by atomic mass is 10.0. The lowest BCUT2D eigenvalue weighted by Crippen LogP contribution is -2.04. The molecule has 0 spiro atoms. The van der Waals surface area contributed by atoms with E-state index in [-0.39, 0.29) is 0 Å². The number of fused-ring (bicyclic) bond motifs is 8. The lowest BCUT2D eigenvalue weighted by Gasteiger charge is -2.12. The molecule has 4 aromatic heterocycles. The molecule has 0 saturated carbocycles. The summed E-state index contributed by atoms with van der Waals surface area (Å²) in [6, 6.07) is 51.4. The fraction of sp³-hybridized carbons (Fsp3) is 0. The van der Waals surface area contributed by atoms with E-state index in [2.05, 4.69) is 149 Å². The first-order valence-electron chi connectivity index (χ1n) is 15.5. The molecule has 0 aliphatic heterocycles. The third-order valence-electron chi connectivity index (χ3n) is 9.16. The lowest BCUT2D eigenvalue weighted by molar-refractivity contribution is 1.01. The minimum absolute atomic E-state index is 0.606. The van der Waals surface area contributed by atoms with Crippen molar-refractivity contribution < 1.29 is 0 Å². The van der Waals surface area contributed by atoms with Crippen molar-refractivity contribution in [3.63, 3.8) is 0 Å². The van der Waals surface area contributed by atoms with E-state index < -0.39 is 0 Å². The highest BCUT2D eigenvalue weighted by Gasteiger charge is 2.19. The van der Waals surface area contributed by atoms with Crippen molar-refractivity contribution in [2.75, 3.05) is 0 Å². The molecular formula is C41H25N5. The smallest absolute Gasteiger partial charge is 0.237 e. The molecule has 0 unspecified atom stereocenters. The van der Waals surface area contributed by atoms with Crippen LogP contribution < -0.4 is 0 Å². The number of hydrogen-bond donors (Lipinski definition) is 0. The van der Waals surface area contributed by atoms with E-state index in [1.54, 1.807) is 6.20 Å². The molecule has 0 saturated heterocycles. The van der Waals surface area contributed by atoms with Crippen molar-refractivity contribution in [3.8, 4) is 22.9 Å². The predicted molar refractivity (Wildman–Crippen MR) is 189 cm³/mol. The molecule has 0 amide bonds. The van der Waals surface area contributed by atoms with Crippen molar-refractivity contribution in [1.29, 1.82) is 0 Å². The van der Waals surface area contributed by atoms with E-state index in [0.29, 0.717) is 11.6 Å². The van der Waals surface area contributed by atoms with Gasteiger partial charge in [0, 0.05) is 44.4 Å². The van der Waals surface area contributed by atoms with Gasteiger partial charge in [-0.3, -0.25) is 4.57 Å². The molecule has 5 nitrogen and oxygen atoms in total. The van der Waals surface area contributed by atoms with Gasteiger partial charge in [-0.25, -0.2) is 9.97 Å². The van der Waals surface area contributed by atoms with Crippen molar-refractivity contribution >= 4 is 65.4 Å². The summed E-state index contributed by atoms with van der Waals surface area (Å²) in [7, 11) is 0. The largest absolute Gasteiger partial charge is 0.309 e. The van der Waals surface area contributed by atoms with Crippen LogP contribution in [0.3, 0.4) is 0 Å². The molecule has 0 fully saturated rings. The third kappa shape index (κ3) is 3.60. The first kappa shape index (κ1) is 25.0. The first-order chi connectivity index (χ1) is 22.8. The summed E-state index contributed by atoms with van der Waals surface area (Å²) in [4.78, 5) is 15.2. The van der Waals surface area contributed by atoms with E-state index in [9.17, 15) is 0 Å². The average molecular weight is 588 g/mol. The Bertz CT molecular complexity index is 2810. The van der Waals surface area contributed by atoms with Crippen LogP contribution >= 0.6 is 0 Å². The van der Waals surface area contributed by atoms with Gasteiger partial charge in [0.2, 0.25) is 5.95 Å². The van der Waals surface area contributed by atoms with Crippen molar-refractivity contribution in [3.05, 3.63) is 152 Å². The zero-order chi connectivity index (χ0) is 30.2. The summed E-state index contributed by atoms with van der Waals surface area (Å²) in [5.41, 5.74) is 8.16. The van der Waals surface area contributed by atoms with Crippen molar-refractivity contribution in [2.45, 2.75) is 0 Å². The Labute approximate surface area is 263 Å². The fourth-order valence-electron chi connectivity index (χ4n) is 7.12. The first-order valence-corrected chi connectivity index (χ1v) is 15.5. The zero-order valence-corrected chi connectivity index (χ0v) is 24.7. The highest BCUT2D eigenvalue weighted by Crippen LogP contribution is 2.38. The van der Waals surface area contributed by atoms with E-state index in [1.807, 2.05) is 6.07 Å². The second-order valence-electron chi connectivity index (χ2n) is 11.7. The van der Waals surface area contributed by atoms with Gasteiger partial charge >= 0.3 is 0 Å². The second-order valence-corrected chi connectivity index (χ2v) is 11.7. The zero-order valence-electron chi connectivity index (χ0n) is 24.7. The molecule has 10 rings (SSSR count). The maximum absolute atomic E-state index is 5.35. The van der Waals surface area contributed by atoms with Crippen LogP contribution in [0.2, 0.25) is 0 Å². The number of rotatable bonds is 3. The number of benzene rings is 6.